The van der Waals surface area contributed by atoms with Gasteiger partial charge in [0.2, 0.25) is 0 Å². The van der Waals surface area contributed by atoms with Crippen LogP contribution in [-0.4, -0.2) is 26.3 Å². The lowest BCUT2D eigenvalue weighted by Crippen LogP contribution is -2.58. The summed E-state index contributed by atoms with van der Waals surface area (Å²) < 4.78 is 5.44. The monoisotopic (exact) mass is 217 g/mol. The molecule has 2 nitrogen and oxygen atoms in total. The first-order chi connectivity index (χ1) is 7.77. The Hall–Kier alpha value is -1.02. The molecule has 2 heteroatoms. The van der Waals surface area contributed by atoms with Gasteiger partial charge in [0.05, 0.1) is 0 Å². The van der Waals surface area contributed by atoms with Crippen molar-refractivity contribution < 1.29 is 4.74 Å². The van der Waals surface area contributed by atoms with Gasteiger partial charge in [0.15, 0.2) is 0 Å². The highest BCUT2D eigenvalue weighted by Gasteiger charge is 2.43. The second-order valence-electron chi connectivity index (χ2n) is 5.30. The molecular weight excluding hydrogens is 198 g/mol. The summed E-state index contributed by atoms with van der Waals surface area (Å²) in [6.07, 6.45) is 2.49. The van der Waals surface area contributed by atoms with Crippen LogP contribution in [-0.2, 0) is 4.74 Å². The summed E-state index contributed by atoms with van der Waals surface area (Å²) in [5, 5.41) is 0. The third-order valence-corrected chi connectivity index (χ3v) is 4.01. The lowest BCUT2D eigenvalue weighted by atomic mass is 9.73. The molecule has 0 radical (unpaired) electrons. The lowest BCUT2D eigenvalue weighted by molar-refractivity contribution is -0.000190. The molecule has 0 saturated carbocycles. The van der Waals surface area contributed by atoms with Crippen LogP contribution in [0.4, 0.5) is 5.69 Å². The fraction of sp³-hybridized carbons (Fsp3) is 0.571. The van der Waals surface area contributed by atoms with Crippen LogP contribution in [0.15, 0.2) is 24.3 Å². The SMILES string of the molecule is Cc1ccc(N2CC3(CCOCC3)C2)cc1. The van der Waals surface area contributed by atoms with Crippen LogP contribution in [0.1, 0.15) is 18.4 Å². The first kappa shape index (κ1) is 10.2. The zero-order valence-electron chi connectivity index (χ0n) is 9.91. The van der Waals surface area contributed by atoms with Gasteiger partial charge in [-0.1, -0.05) is 17.7 Å². The molecule has 1 aromatic rings. The lowest BCUT2D eigenvalue weighted by Gasteiger charge is -2.53. The van der Waals surface area contributed by atoms with Gasteiger partial charge in [0.25, 0.3) is 0 Å². The summed E-state index contributed by atoms with van der Waals surface area (Å²) in [6.45, 7) is 6.50. The van der Waals surface area contributed by atoms with Crippen LogP contribution in [0.2, 0.25) is 0 Å². The number of nitrogens with zero attached hydrogens (tertiary/aromatic N) is 1. The Balaban J connectivity index is 1.66. The summed E-state index contributed by atoms with van der Waals surface area (Å²) in [5.41, 5.74) is 3.29. The van der Waals surface area contributed by atoms with Gasteiger partial charge >= 0.3 is 0 Å². The van der Waals surface area contributed by atoms with Gasteiger partial charge in [-0.3, -0.25) is 0 Å². The molecule has 1 spiro atoms. The molecule has 2 aliphatic heterocycles. The van der Waals surface area contributed by atoms with Crippen molar-refractivity contribution in [1.29, 1.82) is 0 Å². The molecule has 0 unspecified atom stereocenters. The Morgan fingerprint density at radius 2 is 1.69 bits per heavy atom. The second-order valence-corrected chi connectivity index (χ2v) is 5.30. The zero-order valence-corrected chi connectivity index (χ0v) is 9.91. The Morgan fingerprint density at radius 3 is 2.31 bits per heavy atom. The summed E-state index contributed by atoms with van der Waals surface area (Å²) in [7, 11) is 0. The molecule has 0 bridgehead atoms. The van der Waals surface area contributed by atoms with Gasteiger partial charge in [0.1, 0.15) is 0 Å². The molecule has 0 aromatic heterocycles. The Labute approximate surface area is 97.2 Å². The van der Waals surface area contributed by atoms with E-state index in [1.165, 1.54) is 37.2 Å². The maximum atomic E-state index is 5.44. The predicted molar refractivity (Wildman–Crippen MR) is 65.9 cm³/mol. The largest absolute Gasteiger partial charge is 0.381 e. The number of anilines is 1. The molecule has 2 heterocycles. The number of hydrogen-bond donors (Lipinski definition) is 0. The highest BCUT2D eigenvalue weighted by Crippen LogP contribution is 2.41. The predicted octanol–water partition coefficient (Wildman–Crippen LogP) is 2.61. The van der Waals surface area contributed by atoms with E-state index in [0.717, 1.165) is 13.2 Å². The minimum absolute atomic E-state index is 0.573. The van der Waals surface area contributed by atoms with Gasteiger partial charge in [-0.15, -0.1) is 0 Å². The third-order valence-electron chi connectivity index (χ3n) is 4.01. The summed E-state index contributed by atoms with van der Waals surface area (Å²) >= 11 is 0. The Bertz CT molecular complexity index is 357. The van der Waals surface area contributed by atoms with E-state index in [1.807, 2.05) is 0 Å². The fourth-order valence-electron chi connectivity index (χ4n) is 2.82. The van der Waals surface area contributed by atoms with Crippen molar-refractivity contribution in [2.45, 2.75) is 19.8 Å². The maximum absolute atomic E-state index is 5.44. The van der Waals surface area contributed by atoms with Crippen LogP contribution >= 0.6 is 0 Å². The Kier molecular flexibility index (Phi) is 2.40. The van der Waals surface area contributed by atoms with Gasteiger partial charge in [-0.05, 0) is 31.9 Å². The quantitative estimate of drug-likeness (QED) is 0.717. The molecule has 0 atom stereocenters. The van der Waals surface area contributed by atoms with Crippen LogP contribution in [0, 0.1) is 12.3 Å². The molecule has 2 fully saturated rings. The summed E-state index contributed by atoms with van der Waals surface area (Å²) in [4.78, 5) is 2.49. The van der Waals surface area contributed by atoms with Crippen molar-refractivity contribution in [1.82, 2.24) is 0 Å². The van der Waals surface area contributed by atoms with Crippen molar-refractivity contribution in [3.8, 4) is 0 Å². The smallest absolute Gasteiger partial charge is 0.0472 e. The highest BCUT2D eigenvalue weighted by atomic mass is 16.5. The molecule has 2 saturated heterocycles. The molecule has 16 heavy (non-hydrogen) atoms. The normalized spacial score (nSPS) is 23.2. The van der Waals surface area contributed by atoms with E-state index in [4.69, 9.17) is 4.74 Å². The zero-order chi connectivity index (χ0) is 11.0. The van der Waals surface area contributed by atoms with Crippen LogP contribution < -0.4 is 4.90 Å². The molecule has 1 aromatic carbocycles. The first-order valence-corrected chi connectivity index (χ1v) is 6.17. The standard InChI is InChI=1S/C14H19NO/c1-12-2-4-13(5-3-12)15-10-14(11-15)6-8-16-9-7-14/h2-5H,6-11H2,1H3. The van der Waals surface area contributed by atoms with E-state index >= 15 is 0 Å². The van der Waals surface area contributed by atoms with Gasteiger partial charge < -0.3 is 9.64 Å². The van der Waals surface area contributed by atoms with E-state index in [1.54, 1.807) is 0 Å². The average molecular weight is 217 g/mol. The van der Waals surface area contributed by atoms with Crippen LogP contribution in [0.25, 0.3) is 0 Å². The van der Waals surface area contributed by atoms with Crippen LogP contribution in [0.5, 0.6) is 0 Å². The number of aryl methyl sites for hydroxylation is 1. The van der Waals surface area contributed by atoms with E-state index in [-0.39, 0.29) is 0 Å². The molecular formula is C14H19NO. The second kappa shape index (κ2) is 3.77. The minimum atomic E-state index is 0.573. The van der Waals surface area contributed by atoms with Gasteiger partial charge in [-0.2, -0.15) is 0 Å². The van der Waals surface area contributed by atoms with Crippen molar-refractivity contribution in [2.24, 2.45) is 5.41 Å². The number of benzene rings is 1. The molecule has 86 valence electrons. The Morgan fingerprint density at radius 1 is 1.06 bits per heavy atom. The van der Waals surface area contributed by atoms with E-state index < -0.39 is 0 Å². The molecule has 0 amide bonds. The van der Waals surface area contributed by atoms with Crippen molar-refractivity contribution in [2.75, 3.05) is 31.2 Å². The molecule has 0 N–H and O–H groups in total. The fourth-order valence-corrected chi connectivity index (χ4v) is 2.82. The topological polar surface area (TPSA) is 12.5 Å². The molecule has 0 aliphatic carbocycles. The van der Waals surface area contributed by atoms with E-state index in [2.05, 4.69) is 36.1 Å². The third kappa shape index (κ3) is 1.71. The number of hydrogen-bond acceptors (Lipinski definition) is 2. The van der Waals surface area contributed by atoms with Crippen LogP contribution in [0.3, 0.4) is 0 Å². The van der Waals surface area contributed by atoms with Crippen molar-refractivity contribution in [3.63, 3.8) is 0 Å². The minimum Gasteiger partial charge on any atom is -0.381 e. The van der Waals surface area contributed by atoms with Gasteiger partial charge in [-0.25, -0.2) is 0 Å². The number of rotatable bonds is 1. The summed E-state index contributed by atoms with van der Waals surface area (Å²) in [6, 6.07) is 8.87. The average Bonchev–Trinajstić information content (AvgIpc) is 2.28. The van der Waals surface area contributed by atoms with Crippen molar-refractivity contribution >= 4 is 5.69 Å². The molecule has 3 rings (SSSR count). The van der Waals surface area contributed by atoms with Crippen molar-refractivity contribution in [3.05, 3.63) is 29.8 Å². The molecule has 2 aliphatic rings. The van der Waals surface area contributed by atoms with E-state index in [0.29, 0.717) is 5.41 Å². The number of ether oxygens (including phenoxy) is 1. The highest BCUT2D eigenvalue weighted by molar-refractivity contribution is 5.50. The van der Waals surface area contributed by atoms with Gasteiger partial charge in [0, 0.05) is 37.4 Å². The van der Waals surface area contributed by atoms with E-state index in [9.17, 15) is 0 Å². The first-order valence-electron chi connectivity index (χ1n) is 6.17. The summed E-state index contributed by atoms with van der Waals surface area (Å²) in [5.74, 6) is 0. The maximum Gasteiger partial charge on any atom is 0.0472 e.